The summed E-state index contributed by atoms with van der Waals surface area (Å²) in [4.78, 5) is 2.47. The molecule has 0 saturated heterocycles. The van der Waals surface area contributed by atoms with Gasteiger partial charge in [-0.25, -0.2) is 0 Å². The van der Waals surface area contributed by atoms with Crippen LogP contribution in [-0.2, 0) is 10.8 Å². The van der Waals surface area contributed by atoms with Gasteiger partial charge in [-0.05, 0) is 105 Å². The first-order chi connectivity index (χ1) is 32.7. The molecule has 0 N–H and O–H groups in total. The number of anilines is 3. The number of rotatable bonds is 3. The molecule has 0 atom stereocenters. The third-order valence-corrected chi connectivity index (χ3v) is 14.8. The Morgan fingerprint density at radius 2 is 0.773 bits per heavy atom. The van der Waals surface area contributed by atoms with Gasteiger partial charge in [-0.3, -0.25) is 0 Å². The molecule has 66 heavy (non-hydrogen) atoms. The molecule has 308 valence electrons. The van der Waals surface area contributed by atoms with Gasteiger partial charge in [-0.1, -0.05) is 164 Å². The fourth-order valence-corrected chi connectivity index (χ4v) is 12.4. The van der Waals surface area contributed by atoms with E-state index in [2.05, 4.69) is 223 Å². The van der Waals surface area contributed by atoms with E-state index in [0.29, 0.717) is 0 Å². The van der Waals surface area contributed by atoms with Crippen molar-refractivity contribution >= 4 is 39.0 Å². The highest BCUT2D eigenvalue weighted by Crippen LogP contribution is 2.66. The summed E-state index contributed by atoms with van der Waals surface area (Å²) >= 11 is 0. The van der Waals surface area contributed by atoms with Crippen LogP contribution in [0.5, 0.6) is 23.0 Å². The van der Waals surface area contributed by atoms with Crippen molar-refractivity contribution in [3.05, 3.63) is 269 Å². The molecule has 4 heteroatoms. The summed E-state index contributed by atoms with van der Waals surface area (Å²) in [5.74, 6) is 3.37. The van der Waals surface area contributed by atoms with Crippen molar-refractivity contribution in [1.82, 2.24) is 0 Å². The molecule has 1 aromatic heterocycles. The maximum atomic E-state index is 7.12. The van der Waals surface area contributed by atoms with E-state index in [0.717, 1.165) is 84.3 Å². The van der Waals surface area contributed by atoms with Crippen LogP contribution < -0.4 is 14.4 Å². The number of ether oxygens (including phenoxy) is 2. The molecule has 4 nitrogen and oxygen atoms in total. The van der Waals surface area contributed by atoms with Gasteiger partial charge < -0.3 is 18.8 Å². The summed E-state index contributed by atoms with van der Waals surface area (Å²) in [7, 11) is 0. The third kappa shape index (κ3) is 4.38. The van der Waals surface area contributed by atoms with E-state index in [1.807, 2.05) is 6.07 Å². The molecule has 15 rings (SSSR count). The molecule has 0 fully saturated rings. The van der Waals surface area contributed by atoms with Crippen LogP contribution in [0.3, 0.4) is 0 Å². The number of para-hydroxylation sites is 3. The van der Waals surface area contributed by atoms with Gasteiger partial charge in [0.05, 0.1) is 27.6 Å². The van der Waals surface area contributed by atoms with Gasteiger partial charge in [0, 0.05) is 33.3 Å². The number of furan rings is 1. The highest BCUT2D eigenvalue weighted by Gasteiger charge is 2.54. The Labute approximate surface area is 381 Å². The Morgan fingerprint density at radius 1 is 0.318 bits per heavy atom. The predicted molar refractivity (Wildman–Crippen MR) is 263 cm³/mol. The number of benzene rings is 10. The fourth-order valence-electron chi connectivity index (χ4n) is 12.4. The maximum Gasteiger partial charge on any atom is 0.137 e. The smallest absolute Gasteiger partial charge is 0.137 e. The lowest BCUT2D eigenvalue weighted by molar-refractivity contribution is 0.436. The van der Waals surface area contributed by atoms with Crippen LogP contribution in [-0.4, -0.2) is 0 Å². The quantitative estimate of drug-likeness (QED) is 0.177. The Balaban J connectivity index is 1.09. The molecular weight excluding hydrogens is 807 g/mol. The molecule has 0 unspecified atom stereocenters. The standard InChI is InChI=1S/C62H37NO3/c1-6-22-44-39(17-1)40-18-2-7-23-45(40)61(44)48-26-10-13-31-54(48)65-56-36-35-38(37-50(56)61)63(51-28-15-33-57-59(51)43-21-5-12-30-53(43)64-57)52-29-16-34-58-60(52)62(49-27-11-14-32-55(49)66-58)46-24-8-3-19-41(46)42-20-4-9-25-47(42)62/h1-37H. The second-order valence-electron chi connectivity index (χ2n) is 17.8. The summed E-state index contributed by atoms with van der Waals surface area (Å²) in [5.41, 5.74) is 17.6. The van der Waals surface area contributed by atoms with Gasteiger partial charge in [0.25, 0.3) is 0 Å². The minimum Gasteiger partial charge on any atom is -0.457 e. The van der Waals surface area contributed by atoms with Crippen LogP contribution in [0.2, 0.25) is 0 Å². The lowest BCUT2D eigenvalue weighted by Crippen LogP contribution is -2.34. The lowest BCUT2D eigenvalue weighted by Gasteiger charge is -2.43. The minimum absolute atomic E-state index is 0.657. The Morgan fingerprint density at radius 3 is 1.42 bits per heavy atom. The summed E-state index contributed by atoms with van der Waals surface area (Å²) < 4.78 is 20.8. The first-order valence-electron chi connectivity index (χ1n) is 22.7. The zero-order chi connectivity index (χ0) is 43.1. The summed E-state index contributed by atoms with van der Waals surface area (Å²) in [6, 6.07) is 81.1. The maximum absolute atomic E-state index is 7.12. The van der Waals surface area contributed by atoms with Crippen molar-refractivity contribution in [1.29, 1.82) is 0 Å². The molecule has 3 heterocycles. The monoisotopic (exact) mass is 843 g/mol. The number of hydrogen-bond acceptors (Lipinski definition) is 4. The van der Waals surface area contributed by atoms with Gasteiger partial charge >= 0.3 is 0 Å². The van der Waals surface area contributed by atoms with E-state index in [1.54, 1.807) is 0 Å². The average Bonchev–Trinajstić information content (AvgIpc) is 4.00. The Bertz CT molecular complexity index is 3790. The van der Waals surface area contributed by atoms with E-state index in [1.165, 1.54) is 44.5 Å². The first-order valence-corrected chi connectivity index (χ1v) is 22.7. The van der Waals surface area contributed by atoms with Gasteiger partial charge in [-0.15, -0.1) is 0 Å². The first kappa shape index (κ1) is 35.8. The number of nitrogens with zero attached hydrogens (tertiary/aromatic N) is 1. The SMILES string of the molecule is c1ccc2c(c1)Oc1ccc(N(c3cccc4c3C3(c5ccccc5O4)c4ccccc4-c4ccccc43)c3cccc4oc5ccccc5c34)cc1C21c2ccccc2-c2ccccc21. The van der Waals surface area contributed by atoms with Crippen LogP contribution in [0.25, 0.3) is 44.2 Å². The van der Waals surface area contributed by atoms with Crippen molar-refractivity contribution in [2.45, 2.75) is 10.8 Å². The Kier molecular flexibility index (Phi) is 7.05. The molecule has 2 spiro atoms. The Hall–Kier alpha value is -8.60. The molecule has 2 aliphatic heterocycles. The molecule has 2 aliphatic carbocycles. The van der Waals surface area contributed by atoms with E-state index in [9.17, 15) is 0 Å². The van der Waals surface area contributed by atoms with Crippen molar-refractivity contribution in [3.63, 3.8) is 0 Å². The van der Waals surface area contributed by atoms with E-state index in [4.69, 9.17) is 13.9 Å². The zero-order valence-corrected chi connectivity index (χ0v) is 35.5. The van der Waals surface area contributed by atoms with Crippen LogP contribution in [0.1, 0.15) is 44.5 Å². The minimum atomic E-state index is -0.723. The second kappa shape index (κ2) is 13.0. The van der Waals surface area contributed by atoms with E-state index < -0.39 is 10.8 Å². The van der Waals surface area contributed by atoms with Crippen LogP contribution >= 0.6 is 0 Å². The second-order valence-corrected chi connectivity index (χ2v) is 17.8. The van der Waals surface area contributed by atoms with E-state index >= 15 is 0 Å². The van der Waals surface area contributed by atoms with E-state index in [-0.39, 0.29) is 0 Å². The molecule has 4 aliphatic rings. The molecule has 0 saturated carbocycles. The predicted octanol–water partition coefficient (Wildman–Crippen LogP) is 16.0. The van der Waals surface area contributed by atoms with Crippen LogP contribution in [0, 0.1) is 0 Å². The largest absolute Gasteiger partial charge is 0.457 e. The highest BCUT2D eigenvalue weighted by atomic mass is 16.5. The lowest BCUT2D eigenvalue weighted by atomic mass is 9.65. The van der Waals surface area contributed by atoms with Crippen molar-refractivity contribution < 1.29 is 13.9 Å². The zero-order valence-electron chi connectivity index (χ0n) is 35.5. The molecule has 0 radical (unpaired) electrons. The fraction of sp³-hybridized carbons (Fsp3) is 0.0323. The van der Waals surface area contributed by atoms with Crippen LogP contribution in [0.15, 0.2) is 229 Å². The summed E-state index contributed by atoms with van der Waals surface area (Å²) in [6.07, 6.45) is 0. The van der Waals surface area contributed by atoms with Crippen molar-refractivity contribution in [2.24, 2.45) is 0 Å². The van der Waals surface area contributed by atoms with Crippen molar-refractivity contribution in [2.75, 3.05) is 4.90 Å². The van der Waals surface area contributed by atoms with Gasteiger partial charge in [0.1, 0.15) is 34.2 Å². The number of hydrogen-bond donors (Lipinski definition) is 0. The summed E-state index contributed by atoms with van der Waals surface area (Å²) in [5, 5.41) is 2.09. The average molecular weight is 844 g/mol. The van der Waals surface area contributed by atoms with Gasteiger partial charge in [-0.2, -0.15) is 0 Å². The molecule has 10 aromatic carbocycles. The summed E-state index contributed by atoms with van der Waals surface area (Å²) in [6.45, 7) is 0. The normalized spacial score (nSPS) is 14.5. The highest BCUT2D eigenvalue weighted by molar-refractivity contribution is 6.14. The third-order valence-electron chi connectivity index (χ3n) is 14.8. The topological polar surface area (TPSA) is 34.8 Å². The molecule has 11 aromatic rings. The number of fused-ring (bicyclic) bond motifs is 21. The van der Waals surface area contributed by atoms with Crippen LogP contribution in [0.4, 0.5) is 17.1 Å². The van der Waals surface area contributed by atoms with Gasteiger partial charge in [0.15, 0.2) is 0 Å². The van der Waals surface area contributed by atoms with Gasteiger partial charge in [0.2, 0.25) is 0 Å². The molecule has 0 bridgehead atoms. The molecular formula is C62H37NO3. The molecule has 0 amide bonds. The van der Waals surface area contributed by atoms with Crippen molar-refractivity contribution in [3.8, 4) is 45.3 Å².